The van der Waals surface area contributed by atoms with Crippen LogP contribution in [-0.2, 0) is 9.53 Å². The second-order valence-electron chi connectivity index (χ2n) is 6.17. The van der Waals surface area contributed by atoms with Crippen LogP contribution in [0.1, 0.15) is 63.6 Å². The van der Waals surface area contributed by atoms with E-state index in [9.17, 15) is 9.90 Å². The molecule has 0 radical (unpaired) electrons. The van der Waals surface area contributed by atoms with Gasteiger partial charge in [0.1, 0.15) is 18.0 Å². The SMILES string of the molecule is CC1=C2C(=O)O[C@@H](c3coc([C@H](C)O)c3)[C@]2(C)CCC1. The number of furan rings is 1. The van der Waals surface area contributed by atoms with Crippen LogP contribution in [0.4, 0.5) is 0 Å². The van der Waals surface area contributed by atoms with Gasteiger partial charge in [-0.15, -0.1) is 0 Å². The summed E-state index contributed by atoms with van der Waals surface area (Å²) in [5.41, 5.74) is 2.54. The zero-order valence-electron chi connectivity index (χ0n) is 12.1. The Labute approximate surface area is 118 Å². The van der Waals surface area contributed by atoms with Gasteiger partial charge in [-0.05, 0) is 39.2 Å². The molecule has 2 heterocycles. The van der Waals surface area contributed by atoms with Gasteiger partial charge >= 0.3 is 5.97 Å². The van der Waals surface area contributed by atoms with Crippen molar-refractivity contribution in [2.45, 2.75) is 52.2 Å². The molecular weight excluding hydrogens is 256 g/mol. The Balaban J connectivity index is 2.02. The highest BCUT2D eigenvalue weighted by molar-refractivity contribution is 5.94. The molecule has 1 aromatic heterocycles. The Morgan fingerprint density at radius 3 is 2.90 bits per heavy atom. The molecule has 0 bridgehead atoms. The number of carbonyl (C=O) groups is 1. The van der Waals surface area contributed by atoms with Gasteiger partial charge in [-0.2, -0.15) is 0 Å². The summed E-state index contributed by atoms with van der Waals surface area (Å²) in [7, 11) is 0. The maximum Gasteiger partial charge on any atom is 0.335 e. The van der Waals surface area contributed by atoms with Crippen LogP contribution in [-0.4, -0.2) is 11.1 Å². The van der Waals surface area contributed by atoms with E-state index in [4.69, 9.17) is 9.15 Å². The van der Waals surface area contributed by atoms with Crippen molar-refractivity contribution in [1.29, 1.82) is 0 Å². The van der Waals surface area contributed by atoms with Crippen molar-refractivity contribution in [3.8, 4) is 0 Å². The van der Waals surface area contributed by atoms with E-state index in [-0.39, 0.29) is 17.5 Å². The molecule has 0 unspecified atom stereocenters. The first-order chi connectivity index (χ1) is 9.43. The molecule has 1 aliphatic carbocycles. The molecule has 1 aliphatic heterocycles. The van der Waals surface area contributed by atoms with Gasteiger partial charge in [0.05, 0.1) is 6.26 Å². The predicted molar refractivity (Wildman–Crippen MR) is 72.8 cm³/mol. The van der Waals surface area contributed by atoms with Crippen LogP contribution in [0.15, 0.2) is 27.9 Å². The maximum absolute atomic E-state index is 12.2. The minimum absolute atomic E-state index is 0.200. The Morgan fingerprint density at radius 1 is 1.50 bits per heavy atom. The van der Waals surface area contributed by atoms with Gasteiger partial charge in [-0.3, -0.25) is 0 Å². The average molecular weight is 276 g/mol. The van der Waals surface area contributed by atoms with Crippen LogP contribution in [0.25, 0.3) is 0 Å². The summed E-state index contributed by atoms with van der Waals surface area (Å²) in [6, 6.07) is 1.79. The number of hydrogen-bond donors (Lipinski definition) is 1. The summed E-state index contributed by atoms with van der Waals surface area (Å²) in [6.07, 6.45) is 3.61. The summed E-state index contributed by atoms with van der Waals surface area (Å²) >= 11 is 0. The monoisotopic (exact) mass is 276 g/mol. The lowest BCUT2D eigenvalue weighted by Crippen LogP contribution is -2.26. The van der Waals surface area contributed by atoms with E-state index >= 15 is 0 Å². The van der Waals surface area contributed by atoms with Crippen molar-refractivity contribution < 1.29 is 19.1 Å². The number of fused-ring (bicyclic) bond motifs is 1. The first kappa shape index (κ1) is 13.4. The molecule has 1 N–H and O–H groups in total. The van der Waals surface area contributed by atoms with Crippen LogP contribution in [0, 0.1) is 5.41 Å². The first-order valence-electron chi connectivity index (χ1n) is 7.11. The molecule has 0 saturated carbocycles. The number of ether oxygens (including phenoxy) is 1. The van der Waals surface area contributed by atoms with Gasteiger partial charge in [0.15, 0.2) is 0 Å². The molecule has 2 aliphatic rings. The van der Waals surface area contributed by atoms with Crippen LogP contribution in [0.2, 0.25) is 0 Å². The third-order valence-corrected chi connectivity index (χ3v) is 4.61. The molecule has 1 fully saturated rings. The maximum atomic E-state index is 12.2. The molecule has 108 valence electrons. The lowest BCUT2D eigenvalue weighted by Gasteiger charge is -2.33. The molecule has 4 nitrogen and oxygen atoms in total. The average Bonchev–Trinajstić information content (AvgIpc) is 2.93. The van der Waals surface area contributed by atoms with Crippen molar-refractivity contribution in [3.63, 3.8) is 0 Å². The molecular formula is C16H20O4. The fourth-order valence-corrected chi connectivity index (χ4v) is 3.58. The Morgan fingerprint density at radius 2 is 2.25 bits per heavy atom. The normalized spacial score (nSPS) is 31.2. The number of rotatable bonds is 2. The van der Waals surface area contributed by atoms with Crippen LogP contribution < -0.4 is 0 Å². The Kier molecular flexibility index (Phi) is 3.01. The van der Waals surface area contributed by atoms with Gasteiger partial charge in [0.2, 0.25) is 0 Å². The smallest absolute Gasteiger partial charge is 0.335 e. The number of esters is 1. The van der Waals surface area contributed by atoms with Gasteiger partial charge in [-0.1, -0.05) is 12.5 Å². The summed E-state index contributed by atoms with van der Waals surface area (Å²) < 4.78 is 11.0. The van der Waals surface area contributed by atoms with Gasteiger partial charge in [-0.25, -0.2) is 4.79 Å². The zero-order valence-corrected chi connectivity index (χ0v) is 12.1. The fourth-order valence-electron chi connectivity index (χ4n) is 3.58. The number of aliphatic hydroxyl groups is 1. The van der Waals surface area contributed by atoms with E-state index in [1.807, 2.05) is 6.92 Å². The van der Waals surface area contributed by atoms with Gasteiger partial charge in [0, 0.05) is 16.6 Å². The quantitative estimate of drug-likeness (QED) is 0.841. The van der Waals surface area contributed by atoms with Crippen molar-refractivity contribution in [3.05, 3.63) is 34.8 Å². The van der Waals surface area contributed by atoms with E-state index in [1.54, 1.807) is 19.3 Å². The minimum atomic E-state index is -0.656. The molecule has 3 atom stereocenters. The Bertz CT molecular complexity index is 581. The lowest BCUT2D eigenvalue weighted by molar-refractivity contribution is -0.140. The summed E-state index contributed by atoms with van der Waals surface area (Å²) in [6.45, 7) is 5.77. The molecule has 4 heteroatoms. The molecule has 3 rings (SSSR count). The van der Waals surface area contributed by atoms with Crippen molar-refractivity contribution in [1.82, 2.24) is 0 Å². The van der Waals surface area contributed by atoms with Crippen molar-refractivity contribution >= 4 is 5.97 Å². The topological polar surface area (TPSA) is 59.7 Å². The number of allylic oxidation sites excluding steroid dienone is 1. The van der Waals surface area contributed by atoms with Crippen LogP contribution in [0.3, 0.4) is 0 Å². The highest BCUT2D eigenvalue weighted by Crippen LogP contribution is 2.56. The number of hydrogen-bond acceptors (Lipinski definition) is 4. The predicted octanol–water partition coefficient (Wildman–Crippen LogP) is 3.44. The summed E-state index contributed by atoms with van der Waals surface area (Å²) in [5, 5.41) is 9.56. The first-order valence-corrected chi connectivity index (χ1v) is 7.11. The summed E-state index contributed by atoms with van der Waals surface area (Å²) in [5.74, 6) is 0.305. The van der Waals surface area contributed by atoms with Gasteiger partial charge < -0.3 is 14.3 Å². The van der Waals surface area contributed by atoms with E-state index in [1.165, 1.54) is 0 Å². The second kappa shape index (κ2) is 4.48. The molecule has 20 heavy (non-hydrogen) atoms. The van der Waals surface area contributed by atoms with Crippen molar-refractivity contribution in [2.24, 2.45) is 5.41 Å². The molecule has 0 amide bonds. The number of cyclic esters (lactones) is 1. The third kappa shape index (κ3) is 1.82. The van der Waals surface area contributed by atoms with Crippen LogP contribution >= 0.6 is 0 Å². The molecule has 1 saturated heterocycles. The van der Waals surface area contributed by atoms with E-state index < -0.39 is 6.10 Å². The standard InChI is InChI=1S/C16H20O4/c1-9-5-4-6-16(3)13(9)15(18)20-14(16)11-7-12(10(2)17)19-8-11/h7-8,10,14,17H,4-6H2,1-3H3/t10-,14-,16+/m0/s1. The van der Waals surface area contributed by atoms with E-state index in [0.717, 1.165) is 36.0 Å². The highest BCUT2D eigenvalue weighted by atomic mass is 16.6. The Hall–Kier alpha value is -1.55. The third-order valence-electron chi connectivity index (χ3n) is 4.61. The zero-order chi connectivity index (χ0) is 14.5. The lowest BCUT2D eigenvalue weighted by atomic mass is 9.68. The second-order valence-corrected chi connectivity index (χ2v) is 6.17. The molecule has 0 spiro atoms. The highest BCUT2D eigenvalue weighted by Gasteiger charge is 2.52. The number of carbonyl (C=O) groups excluding carboxylic acids is 1. The minimum Gasteiger partial charge on any atom is -0.466 e. The summed E-state index contributed by atoms with van der Waals surface area (Å²) in [4.78, 5) is 12.2. The van der Waals surface area contributed by atoms with Gasteiger partial charge in [0.25, 0.3) is 0 Å². The number of aliphatic hydroxyl groups excluding tert-OH is 1. The van der Waals surface area contributed by atoms with E-state index in [0.29, 0.717) is 5.76 Å². The fraction of sp³-hybridized carbons (Fsp3) is 0.562. The molecule has 0 aromatic carbocycles. The van der Waals surface area contributed by atoms with E-state index in [2.05, 4.69) is 6.92 Å². The molecule has 1 aromatic rings. The van der Waals surface area contributed by atoms with Crippen molar-refractivity contribution in [2.75, 3.05) is 0 Å². The van der Waals surface area contributed by atoms with Crippen LogP contribution in [0.5, 0.6) is 0 Å². The largest absolute Gasteiger partial charge is 0.466 e.